The molecule has 2 aromatic carbocycles. The van der Waals surface area contributed by atoms with Crippen molar-refractivity contribution in [2.75, 3.05) is 18.1 Å². The molecular weight excluding hydrogens is 394 g/mol. The highest BCUT2D eigenvalue weighted by molar-refractivity contribution is 7.88. The zero-order chi connectivity index (χ0) is 19.7. The maximum atomic E-state index is 12.7. The first-order valence-electron chi connectivity index (χ1n) is 9.15. The first kappa shape index (κ1) is 19.0. The Morgan fingerprint density at radius 1 is 1.14 bits per heavy atom. The van der Waals surface area contributed by atoms with Gasteiger partial charge in [0.15, 0.2) is 0 Å². The van der Waals surface area contributed by atoms with E-state index >= 15 is 0 Å². The molecular formula is C20H21N3O3S2. The lowest BCUT2D eigenvalue weighted by Gasteiger charge is -2.32. The van der Waals surface area contributed by atoms with Crippen LogP contribution in [-0.2, 0) is 14.8 Å². The summed E-state index contributed by atoms with van der Waals surface area (Å²) in [5.74, 6) is -0.280. The summed E-state index contributed by atoms with van der Waals surface area (Å²) >= 11 is 1.62. The van der Waals surface area contributed by atoms with E-state index in [1.54, 1.807) is 11.3 Å². The number of para-hydroxylation sites is 1. The fourth-order valence-corrected chi connectivity index (χ4v) is 5.58. The number of hydrogen-bond donors (Lipinski definition) is 1. The van der Waals surface area contributed by atoms with Crippen molar-refractivity contribution >= 4 is 43.2 Å². The molecule has 1 fully saturated rings. The molecule has 0 bridgehead atoms. The first-order valence-corrected chi connectivity index (χ1v) is 11.8. The van der Waals surface area contributed by atoms with Crippen molar-refractivity contribution in [1.82, 2.24) is 9.29 Å². The molecule has 1 saturated heterocycles. The van der Waals surface area contributed by atoms with Crippen LogP contribution in [0.5, 0.6) is 0 Å². The van der Waals surface area contributed by atoms with Crippen molar-refractivity contribution in [3.63, 3.8) is 0 Å². The molecule has 4 rings (SSSR count). The second-order valence-corrected chi connectivity index (χ2v) is 9.90. The number of aromatic nitrogens is 1. The van der Waals surface area contributed by atoms with Gasteiger partial charge in [-0.15, -0.1) is 11.3 Å². The normalized spacial score (nSPS) is 18.2. The first-order chi connectivity index (χ1) is 13.4. The monoisotopic (exact) mass is 415 g/mol. The van der Waals surface area contributed by atoms with E-state index < -0.39 is 16.1 Å². The molecule has 146 valence electrons. The van der Waals surface area contributed by atoms with Crippen LogP contribution in [0.15, 0.2) is 48.5 Å². The Balaban J connectivity index is 1.50. The van der Waals surface area contributed by atoms with Gasteiger partial charge in [0.25, 0.3) is 0 Å². The molecule has 8 heteroatoms. The maximum Gasteiger partial charge on any atom is 0.242 e. The quantitative estimate of drug-likeness (QED) is 0.704. The van der Waals surface area contributed by atoms with E-state index in [1.807, 2.05) is 48.5 Å². The number of sulfonamides is 1. The van der Waals surface area contributed by atoms with Gasteiger partial charge in [-0.25, -0.2) is 13.4 Å². The lowest BCUT2D eigenvalue weighted by molar-refractivity contribution is -0.120. The van der Waals surface area contributed by atoms with Crippen molar-refractivity contribution in [2.24, 2.45) is 0 Å². The Hall–Kier alpha value is -2.29. The molecule has 3 aromatic rings. The molecule has 1 aliphatic heterocycles. The van der Waals surface area contributed by atoms with Crippen LogP contribution in [0, 0.1) is 0 Å². The van der Waals surface area contributed by atoms with E-state index in [2.05, 4.69) is 10.3 Å². The van der Waals surface area contributed by atoms with E-state index in [4.69, 9.17) is 0 Å². The third-order valence-corrected chi connectivity index (χ3v) is 7.25. The highest BCUT2D eigenvalue weighted by Crippen LogP contribution is 2.30. The van der Waals surface area contributed by atoms with E-state index in [1.165, 1.54) is 4.31 Å². The standard InChI is InChI=1S/C20H21N3O3S2/c1-28(25,26)23-13-5-4-7-17(23)19(24)21-15-11-9-14(10-12-15)20-22-16-6-2-3-8-18(16)27-20/h2-3,6,8-12,17H,4-5,7,13H2,1H3,(H,21,24). The minimum Gasteiger partial charge on any atom is -0.325 e. The Morgan fingerprint density at radius 3 is 2.61 bits per heavy atom. The van der Waals surface area contributed by atoms with Gasteiger partial charge in [0.1, 0.15) is 11.0 Å². The molecule has 28 heavy (non-hydrogen) atoms. The average Bonchev–Trinajstić information content (AvgIpc) is 3.12. The topological polar surface area (TPSA) is 79.4 Å². The van der Waals surface area contributed by atoms with Crippen molar-refractivity contribution < 1.29 is 13.2 Å². The summed E-state index contributed by atoms with van der Waals surface area (Å²) in [6.07, 6.45) is 3.34. The number of piperidine rings is 1. The molecule has 1 aliphatic rings. The number of carbonyl (C=O) groups is 1. The average molecular weight is 416 g/mol. The predicted octanol–water partition coefficient (Wildman–Crippen LogP) is 3.72. The molecule has 0 spiro atoms. The van der Waals surface area contributed by atoms with Crippen molar-refractivity contribution in [3.8, 4) is 10.6 Å². The van der Waals surface area contributed by atoms with Crippen LogP contribution >= 0.6 is 11.3 Å². The van der Waals surface area contributed by atoms with Gasteiger partial charge in [0.2, 0.25) is 15.9 Å². The fourth-order valence-electron chi connectivity index (χ4n) is 3.48. The molecule has 0 radical (unpaired) electrons. The van der Waals surface area contributed by atoms with Gasteiger partial charge < -0.3 is 5.32 Å². The Labute approximate surface area is 168 Å². The van der Waals surface area contributed by atoms with Crippen LogP contribution in [-0.4, -0.2) is 42.5 Å². The molecule has 6 nitrogen and oxygen atoms in total. The summed E-state index contributed by atoms with van der Waals surface area (Å²) in [7, 11) is -3.40. The number of thiazole rings is 1. The summed E-state index contributed by atoms with van der Waals surface area (Å²) in [6.45, 7) is 0.396. The summed E-state index contributed by atoms with van der Waals surface area (Å²) in [6, 6.07) is 14.8. The van der Waals surface area contributed by atoms with Gasteiger partial charge >= 0.3 is 0 Å². The van der Waals surface area contributed by atoms with Crippen LogP contribution < -0.4 is 5.32 Å². The van der Waals surface area contributed by atoms with Crippen LogP contribution in [0.1, 0.15) is 19.3 Å². The Morgan fingerprint density at radius 2 is 1.89 bits per heavy atom. The molecule has 1 aromatic heterocycles. The van der Waals surface area contributed by atoms with Crippen LogP contribution in [0.25, 0.3) is 20.8 Å². The van der Waals surface area contributed by atoms with Crippen LogP contribution in [0.4, 0.5) is 5.69 Å². The van der Waals surface area contributed by atoms with Gasteiger partial charge in [-0.2, -0.15) is 4.31 Å². The SMILES string of the molecule is CS(=O)(=O)N1CCCCC1C(=O)Nc1ccc(-c2nc3ccccc3s2)cc1. The number of hydrogen-bond acceptors (Lipinski definition) is 5. The van der Waals surface area contributed by atoms with Crippen molar-refractivity contribution in [1.29, 1.82) is 0 Å². The fraction of sp³-hybridized carbons (Fsp3) is 0.300. The molecule has 2 heterocycles. The zero-order valence-electron chi connectivity index (χ0n) is 15.5. The predicted molar refractivity (Wildman–Crippen MR) is 113 cm³/mol. The van der Waals surface area contributed by atoms with Gasteiger partial charge in [-0.3, -0.25) is 4.79 Å². The Kier molecular flexibility index (Phi) is 5.18. The van der Waals surface area contributed by atoms with Crippen LogP contribution in [0.3, 0.4) is 0 Å². The van der Waals surface area contributed by atoms with Gasteiger partial charge in [-0.05, 0) is 49.2 Å². The van der Waals surface area contributed by atoms with E-state index in [0.717, 1.165) is 39.9 Å². The number of amides is 1. The lowest BCUT2D eigenvalue weighted by atomic mass is 10.0. The summed E-state index contributed by atoms with van der Waals surface area (Å²) in [5, 5.41) is 3.78. The number of anilines is 1. The molecule has 1 unspecified atom stereocenters. The minimum atomic E-state index is -3.40. The molecule has 0 saturated carbocycles. The highest BCUT2D eigenvalue weighted by Gasteiger charge is 2.34. The lowest BCUT2D eigenvalue weighted by Crippen LogP contribution is -2.49. The minimum absolute atomic E-state index is 0.280. The Bertz CT molecular complexity index is 1070. The van der Waals surface area contributed by atoms with E-state index in [-0.39, 0.29) is 5.91 Å². The van der Waals surface area contributed by atoms with E-state index in [0.29, 0.717) is 18.7 Å². The van der Waals surface area contributed by atoms with Gasteiger partial charge in [0.05, 0.1) is 16.5 Å². The number of benzene rings is 2. The number of rotatable bonds is 4. The molecule has 1 N–H and O–H groups in total. The van der Waals surface area contributed by atoms with Crippen LogP contribution in [0.2, 0.25) is 0 Å². The maximum absolute atomic E-state index is 12.7. The number of nitrogens with zero attached hydrogens (tertiary/aromatic N) is 2. The second-order valence-electron chi connectivity index (χ2n) is 6.94. The molecule has 1 amide bonds. The number of fused-ring (bicyclic) bond motifs is 1. The summed E-state index contributed by atoms with van der Waals surface area (Å²) in [5.41, 5.74) is 2.60. The summed E-state index contributed by atoms with van der Waals surface area (Å²) in [4.78, 5) is 17.3. The zero-order valence-corrected chi connectivity index (χ0v) is 17.1. The third-order valence-electron chi connectivity index (χ3n) is 4.88. The van der Waals surface area contributed by atoms with Crippen molar-refractivity contribution in [2.45, 2.75) is 25.3 Å². The second kappa shape index (κ2) is 7.62. The molecule has 1 atom stereocenters. The number of nitrogens with one attached hydrogen (secondary N) is 1. The van der Waals surface area contributed by atoms with E-state index in [9.17, 15) is 13.2 Å². The van der Waals surface area contributed by atoms with Gasteiger partial charge in [-0.1, -0.05) is 18.6 Å². The number of carbonyl (C=O) groups excluding carboxylic acids is 1. The van der Waals surface area contributed by atoms with Crippen molar-refractivity contribution in [3.05, 3.63) is 48.5 Å². The summed E-state index contributed by atoms with van der Waals surface area (Å²) < 4.78 is 26.4. The highest BCUT2D eigenvalue weighted by atomic mass is 32.2. The van der Waals surface area contributed by atoms with Gasteiger partial charge in [0, 0.05) is 17.8 Å². The largest absolute Gasteiger partial charge is 0.325 e. The smallest absolute Gasteiger partial charge is 0.242 e. The molecule has 0 aliphatic carbocycles. The third kappa shape index (κ3) is 3.94.